The van der Waals surface area contributed by atoms with E-state index < -0.39 is 10.0 Å². The van der Waals surface area contributed by atoms with E-state index in [0.717, 1.165) is 17.2 Å². The molecule has 0 atom stereocenters. The number of piperazine rings is 1. The van der Waals surface area contributed by atoms with Crippen molar-refractivity contribution in [1.29, 1.82) is 0 Å². The summed E-state index contributed by atoms with van der Waals surface area (Å²) in [5, 5.41) is 7.49. The molecule has 0 bridgehead atoms. The van der Waals surface area contributed by atoms with Crippen LogP contribution in [0.1, 0.15) is 19.4 Å². The molecule has 1 fully saturated rings. The molecule has 1 aromatic heterocycles. The molecule has 0 aliphatic carbocycles. The van der Waals surface area contributed by atoms with Gasteiger partial charge in [-0.25, -0.2) is 18.1 Å². The molecule has 11 heteroatoms. The molecule has 0 saturated carbocycles. The van der Waals surface area contributed by atoms with Crippen LogP contribution in [0.3, 0.4) is 0 Å². The number of hydrogen-bond acceptors (Lipinski definition) is 6. The Balaban J connectivity index is 1.48. The molecule has 1 aromatic carbocycles. The SMILES string of the molecule is CN=C(NCc1ccc(-n2cncn2)cc1)N1CCN(S(=O)(=O)CCOC(C)C)CC1. The fourth-order valence-electron chi connectivity index (χ4n) is 3.32. The summed E-state index contributed by atoms with van der Waals surface area (Å²) in [6.07, 6.45) is 3.19. The van der Waals surface area contributed by atoms with Gasteiger partial charge in [0.05, 0.1) is 24.2 Å². The lowest BCUT2D eigenvalue weighted by Crippen LogP contribution is -2.54. The molecular formula is C20H31N7O3S. The topological polar surface area (TPSA) is 105 Å². The molecule has 170 valence electrons. The largest absolute Gasteiger partial charge is 0.378 e. The smallest absolute Gasteiger partial charge is 0.216 e. The molecule has 0 unspecified atom stereocenters. The third kappa shape index (κ3) is 6.49. The first-order chi connectivity index (χ1) is 14.9. The number of benzene rings is 1. The summed E-state index contributed by atoms with van der Waals surface area (Å²) in [6, 6.07) is 8.03. The molecule has 0 amide bonds. The van der Waals surface area contributed by atoms with Gasteiger partial charge in [0.15, 0.2) is 5.96 Å². The maximum atomic E-state index is 12.5. The van der Waals surface area contributed by atoms with Crippen molar-refractivity contribution in [3.63, 3.8) is 0 Å². The quantitative estimate of drug-likeness (QED) is 0.468. The normalized spacial score (nSPS) is 16.1. The van der Waals surface area contributed by atoms with Crippen LogP contribution in [0.5, 0.6) is 0 Å². The zero-order chi connectivity index (χ0) is 22.3. The molecular weight excluding hydrogens is 418 g/mol. The number of ether oxygens (including phenoxy) is 1. The Hall–Kier alpha value is -2.50. The van der Waals surface area contributed by atoms with Crippen molar-refractivity contribution in [3.8, 4) is 5.69 Å². The van der Waals surface area contributed by atoms with Gasteiger partial charge in [-0.3, -0.25) is 4.99 Å². The van der Waals surface area contributed by atoms with Gasteiger partial charge in [0.2, 0.25) is 10.0 Å². The summed E-state index contributed by atoms with van der Waals surface area (Å²) in [5.41, 5.74) is 2.05. The second-order valence-electron chi connectivity index (χ2n) is 7.53. The lowest BCUT2D eigenvalue weighted by atomic mass is 10.2. The maximum absolute atomic E-state index is 12.5. The molecule has 31 heavy (non-hydrogen) atoms. The van der Waals surface area contributed by atoms with Crippen LogP contribution in [0.25, 0.3) is 5.69 Å². The second kappa shape index (κ2) is 10.7. The fraction of sp³-hybridized carbons (Fsp3) is 0.550. The summed E-state index contributed by atoms with van der Waals surface area (Å²) in [7, 11) is -1.56. The average Bonchev–Trinajstić information content (AvgIpc) is 3.29. The van der Waals surface area contributed by atoms with Crippen molar-refractivity contribution < 1.29 is 13.2 Å². The Morgan fingerprint density at radius 3 is 2.48 bits per heavy atom. The van der Waals surface area contributed by atoms with Crippen LogP contribution in [0, 0.1) is 0 Å². The predicted molar refractivity (Wildman–Crippen MR) is 120 cm³/mol. The minimum Gasteiger partial charge on any atom is -0.378 e. The number of hydrogen-bond donors (Lipinski definition) is 1. The van der Waals surface area contributed by atoms with Gasteiger partial charge in [0.1, 0.15) is 12.7 Å². The van der Waals surface area contributed by atoms with Gasteiger partial charge in [-0.15, -0.1) is 0 Å². The molecule has 1 N–H and O–H groups in total. The van der Waals surface area contributed by atoms with Crippen LogP contribution in [0.15, 0.2) is 41.9 Å². The van der Waals surface area contributed by atoms with Gasteiger partial charge in [-0.05, 0) is 31.5 Å². The first kappa shape index (κ1) is 23.2. The average molecular weight is 450 g/mol. The highest BCUT2D eigenvalue weighted by Crippen LogP contribution is 2.11. The van der Waals surface area contributed by atoms with Gasteiger partial charge in [0.25, 0.3) is 0 Å². The third-order valence-corrected chi connectivity index (χ3v) is 6.84. The highest BCUT2D eigenvalue weighted by Gasteiger charge is 2.28. The van der Waals surface area contributed by atoms with Crippen LogP contribution < -0.4 is 5.32 Å². The lowest BCUT2D eigenvalue weighted by molar-refractivity contribution is 0.0904. The number of guanidine groups is 1. The van der Waals surface area contributed by atoms with Gasteiger partial charge in [-0.2, -0.15) is 9.40 Å². The molecule has 2 heterocycles. The van der Waals surface area contributed by atoms with Gasteiger partial charge in [-0.1, -0.05) is 12.1 Å². The van der Waals surface area contributed by atoms with Gasteiger partial charge in [0, 0.05) is 39.8 Å². The van der Waals surface area contributed by atoms with Crippen molar-refractivity contribution in [2.75, 3.05) is 45.6 Å². The van der Waals surface area contributed by atoms with E-state index in [2.05, 4.69) is 25.3 Å². The number of sulfonamides is 1. The Bertz CT molecular complexity index is 936. The monoisotopic (exact) mass is 449 g/mol. The molecule has 0 radical (unpaired) electrons. The predicted octanol–water partition coefficient (Wildman–Crippen LogP) is 0.715. The first-order valence-electron chi connectivity index (χ1n) is 10.4. The van der Waals surface area contributed by atoms with Crippen LogP contribution in [0.4, 0.5) is 0 Å². The molecule has 1 aliphatic heterocycles. The van der Waals surface area contributed by atoms with E-state index in [9.17, 15) is 8.42 Å². The Morgan fingerprint density at radius 1 is 1.19 bits per heavy atom. The zero-order valence-electron chi connectivity index (χ0n) is 18.3. The van der Waals surface area contributed by atoms with E-state index in [-0.39, 0.29) is 18.5 Å². The van der Waals surface area contributed by atoms with Crippen LogP contribution in [-0.4, -0.2) is 90.0 Å². The molecule has 3 rings (SSSR count). The van der Waals surface area contributed by atoms with E-state index in [0.29, 0.717) is 32.7 Å². The Labute approximate surface area is 184 Å². The van der Waals surface area contributed by atoms with Crippen molar-refractivity contribution in [2.24, 2.45) is 4.99 Å². The van der Waals surface area contributed by atoms with E-state index in [4.69, 9.17) is 4.74 Å². The summed E-state index contributed by atoms with van der Waals surface area (Å²) >= 11 is 0. The van der Waals surface area contributed by atoms with Crippen LogP contribution >= 0.6 is 0 Å². The number of aliphatic imine (C=N–C) groups is 1. The van der Waals surface area contributed by atoms with Crippen molar-refractivity contribution >= 4 is 16.0 Å². The van der Waals surface area contributed by atoms with Gasteiger partial charge < -0.3 is 15.0 Å². The summed E-state index contributed by atoms with van der Waals surface area (Å²) < 4.78 is 33.7. The summed E-state index contributed by atoms with van der Waals surface area (Å²) in [5.74, 6) is 0.781. The highest BCUT2D eigenvalue weighted by molar-refractivity contribution is 7.89. The van der Waals surface area contributed by atoms with Crippen LogP contribution in [0.2, 0.25) is 0 Å². The Kier molecular flexibility index (Phi) is 7.99. The molecule has 10 nitrogen and oxygen atoms in total. The first-order valence-corrected chi connectivity index (χ1v) is 12.0. The minimum absolute atomic E-state index is 0.0166. The maximum Gasteiger partial charge on any atom is 0.216 e. The minimum atomic E-state index is -3.30. The lowest BCUT2D eigenvalue weighted by Gasteiger charge is -2.35. The number of rotatable bonds is 8. The van der Waals surface area contributed by atoms with E-state index in [1.165, 1.54) is 6.33 Å². The van der Waals surface area contributed by atoms with Gasteiger partial charge >= 0.3 is 0 Å². The number of nitrogens with zero attached hydrogens (tertiary/aromatic N) is 6. The zero-order valence-corrected chi connectivity index (χ0v) is 19.1. The van der Waals surface area contributed by atoms with Crippen molar-refractivity contribution in [3.05, 3.63) is 42.5 Å². The standard InChI is InChI=1S/C20H31N7O3S/c1-17(2)30-12-13-31(28,29)26-10-8-25(9-11-26)20(21-3)23-14-18-4-6-19(7-5-18)27-16-22-15-24-27/h4-7,15-17H,8-14H2,1-3H3,(H,21,23). The number of nitrogens with one attached hydrogen (secondary N) is 1. The molecule has 0 spiro atoms. The number of aromatic nitrogens is 3. The summed E-state index contributed by atoms with van der Waals surface area (Å²) in [4.78, 5) is 10.4. The highest BCUT2D eigenvalue weighted by atomic mass is 32.2. The summed E-state index contributed by atoms with van der Waals surface area (Å²) in [6.45, 7) is 6.71. The molecule has 1 saturated heterocycles. The van der Waals surface area contributed by atoms with Crippen LogP contribution in [-0.2, 0) is 21.3 Å². The van der Waals surface area contributed by atoms with E-state index >= 15 is 0 Å². The molecule has 2 aromatic rings. The van der Waals surface area contributed by atoms with E-state index in [1.807, 2.05) is 38.1 Å². The molecule has 1 aliphatic rings. The van der Waals surface area contributed by atoms with E-state index in [1.54, 1.807) is 22.4 Å². The third-order valence-electron chi connectivity index (χ3n) is 5.01. The van der Waals surface area contributed by atoms with Crippen molar-refractivity contribution in [2.45, 2.75) is 26.5 Å². The fourth-order valence-corrected chi connectivity index (χ4v) is 4.60. The van der Waals surface area contributed by atoms with Crippen molar-refractivity contribution in [1.82, 2.24) is 29.3 Å². The Morgan fingerprint density at radius 2 is 1.90 bits per heavy atom. The second-order valence-corrected chi connectivity index (χ2v) is 9.62.